The third-order valence-electron chi connectivity index (χ3n) is 3.96. The smallest absolute Gasteiger partial charge is 0.0897 e. The second-order valence-electron chi connectivity index (χ2n) is 5.52. The summed E-state index contributed by atoms with van der Waals surface area (Å²) in [5, 5.41) is 4.88. The van der Waals surface area contributed by atoms with Gasteiger partial charge in [0.1, 0.15) is 0 Å². The van der Waals surface area contributed by atoms with E-state index in [1.807, 2.05) is 11.3 Å². The molecule has 1 heterocycles. The van der Waals surface area contributed by atoms with Crippen LogP contribution in [-0.4, -0.2) is 11.5 Å². The number of hydrogen-bond donors (Lipinski definition) is 1. The molecular weight excluding hydrogens is 240 g/mol. The fourth-order valence-electron chi connectivity index (χ4n) is 2.90. The Morgan fingerprint density at radius 1 is 1.44 bits per heavy atom. The molecule has 2 nitrogen and oxygen atoms in total. The molecule has 3 heteroatoms. The highest BCUT2D eigenvalue weighted by atomic mass is 32.1. The first-order chi connectivity index (χ1) is 8.79. The Balaban J connectivity index is 1.87. The SMILES string of the molecule is CCCNC(CCC1CCCC1)c1cnc(C)s1. The van der Waals surface area contributed by atoms with Gasteiger partial charge in [-0.15, -0.1) is 11.3 Å². The number of nitrogens with zero attached hydrogens (tertiary/aromatic N) is 1. The first-order valence-electron chi connectivity index (χ1n) is 7.45. The summed E-state index contributed by atoms with van der Waals surface area (Å²) in [7, 11) is 0. The molecule has 0 saturated heterocycles. The molecule has 1 saturated carbocycles. The third kappa shape index (κ3) is 4.06. The molecule has 0 radical (unpaired) electrons. The van der Waals surface area contributed by atoms with Gasteiger partial charge in [0.25, 0.3) is 0 Å². The fourth-order valence-corrected chi connectivity index (χ4v) is 3.80. The van der Waals surface area contributed by atoms with Gasteiger partial charge in [-0.1, -0.05) is 32.6 Å². The Bertz CT molecular complexity index is 342. The predicted octanol–water partition coefficient (Wildman–Crippen LogP) is 4.46. The maximum absolute atomic E-state index is 4.40. The molecule has 1 fully saturated rings. The molecule has 1 aliphatic rings. The summed E-state index contributed by atoms with van der Waals surface area (Å²) < 4.78 is 0. The van der Waals surface area contributed by atoms with Gasteiger partial charge in [-0.25, -0.2) is 4.98 Å². The molecule has 0 spiro atoms. The monoisotopic (exact) mass is 266 g/mol. The third-order valence-corrected chi connectivity index (χ3v) is 4.99. The summed E-state index contributed by atoms with van der Waals surface area (Å²) in [6.07, 6.45) is 11.8. The van der Waals surface area contributed by atoms with E-state index in [1.54, 1.807) is 0 Å². The van der Waals surface area contributed by atoms with Crippen LogP contribution in [0.4, 0.5) is 0 Å². The van der Waals surface area contributed by atoms with Gasteiger partial charge < -0.3 is 5.32 Å². The van der Waals surface area contributed by atoms with E-state index >= 15 is 0 Å². The van der Waals surface area contributed by atoms with Crippen LogP contribution in [0.15, 0.2) is 6.20 Å². The number of rotatable bonds is 7. The lowest BCUT2D eigenvalue weighted by atomic mass is 9.98. The van der Waals surface area contributed by atoms with Crippen molar-refractivity contribution in [2.45, 2.75) is 64.8 Å². The highest BCUT2D eigenvalue weighted by Gasteiger charge is 2.19. The normalized spacial score (nSPS) is 18.3. The predicted molar refractivity (Wildman–Crippen MR) is 79.1 cm³/mol. The second kappa shape index (κ2) is 7.25. The van der Waals surface area contributed by atoms with Crippen LogP contribution in [0, 0.1) is 12.8 Å². The standard InChI is InChI=1S/C15H26N2S/c1-3-10-16-14(15-11-17-12(2)18-15)9-8-13-6-4-5-7-13/h11,13-14,16H,3-10H2,1-2H3. The van der Waals surface area contributed by atoms with Crippen molar-refractivity contribution in [2.24, 2.45) is 5.92 Å². The van der Waals surface area contributed by atoms with Crippen molar-refractivity contribution in [3.8, 4) is 0 Å². The van der Waals surface area contributed by atoms with Crippen LogP contribution in [-0.2, 0) is 0 Å². The summed E-state index contributed by atoms with van der Waals surface area (Å²) in [4.78, 5) is 5.83. The van der Waals surface area contributed by atoms with Crippen molar-refractivity contribution in [1.29, 1.82) is 0 Å². The molecular formula is C15H26N2S. The lowest BCUT2D eigenvalue weighted by Crippen LogP contribution is -2.22. The Morgan fingerprint density at radius 3 is 2.83 bits per heavy atom. The number of thiazole rings is 1. The first-order valence-corrected chi connectivity index (χ1v) is 8.27. The summed E-state index contributed by atoms with van der Waals surface area (Å²) in [6.45, 7) is 5.45. The molecule has 1 atom stereocenters. The molecule has 0 bridgehead atoms. The Hall–Kier alpha value is -0.410. The molecule has 2 rings (SSSR count). The zero-order chi connectivity index (χ0) is 12.8. The quantitative estimate of drug-likeness (QED) is 0.788. The van der Waals surface area contributed by atoms with Gasteiger partial charge in [0, 0.05) is 17.1 Å². The van der Waals surface area contributed by atoms with Gasteiger partial charge in [0.2, 0.25) is 0 Å². The van der Waals surface area contributed by atoms with Gasteiger partial charge >= 0.3 is 0 Å². The second-order valence-corrected chi connectivity index (χ2v) is 6.78. The van der Waals surface area contributed by atoms with Crippen molar-refractivity contribution in [3.63, 3.8) is 0 Å². The summed E-state index contributed by atoms with van der Waals surface area (Å²) >= 11 is 1.86. The largest absolute Gasteiger partial charge is 0.309 e. The van der Waals surface area contributed by atoms with Crippen molar-refractivity contribution in [3.05, 3.63) is 16.1 Å². The average Bonchev–Trinajstić information content (AvgIpc) is 3.01. The summed E-state index contributed by atoms with van der Waals surface area (Å²) in [5.74, 6) is 0.991. The lowest BCUT2D eigenvalue weighted by Gasteiger charge is -2.18. The lowest BCUT2D eigenvalue weighted by molar-refractivity contribution is 0.415. The van der Waals surface area contributed by atoms with Crippen LogP contribution in [0.3, 0.4) is 0 Å². The maximum atomic E-state index is 4.40. The molecule has 1 aromatic heterocycles. The van der Waals surface area contributed by atoms with Crippen LogP contribution in [0.5, 0.6) is 0 Å². The van der Waals surface area contributed by atoms with E-state index in [4.69, 9.17) is 0 Å². The molecule has 1 unspecified atom stereocenters. The van der Waals surface area contributed by atoms with Gasteiger partial charge in [-0.3, -0.25) is 0 Å². The van der Waals surface area contributed by atoms with E-state index < -0.39 is 0 Å². The highest BCUT2D eigenvalue weighted by Crippen LogP contribution is 2.32. The molecule has 0 amide bonds. The van der Waals surface area contributed by atoms with Crippen molar-refractivity contribution < 1.29 is 0 Å². The Morgan fingerprint density at radius 2 is 2.22 bits per heavy atom. The van der Waals surface area contributed by atoms with Gasteiger partial charge in [0.15, 0.2) is 0 Å². The van der Waals surface area contributed by atoms with Crippen molar-refractivity contribution in [2.75, 3.05) is 6.54 Å². The van der Waals surface area contributed by atoms with Crippen LogP contribution >= 0.6 is 11.3 Å². The first kappa shape index (κ1) is 14.0. The Kier molecular flexibility index (Phi) is 5.64. The van der Waals surface area contributed by atoms with Crippen LogP contribution < -0.4 is 5.32 Å². The van der Waals surface area contributed by atoms with Crippen molar-refractivity contribution >= 4 is 11.3 Å². The average molecular weight is 266 g/mol. The summed E-state index contributed by atoms with van der Waals surface area (Å²) in [6, 6.07) is 0.539. The molecule has 18 heavy (non-hydrogen) atoms. The van der Waals surface area contributed by atoms with Crippen LogP contribution in [0.2, 0.25) is 0 Å². The fraction of sp³-hybridized carbons (Fsp3) is 0.800. The minimum absolute atomic E-state index is 0.539. The van der Waals surface area contributed by atoms with Crippen molar-refractivity contribution in [1.82, 2.24) is 10.3 Å². The summed E-state index contributed by atoms with van der Waals surface area (Å²) in [5.41, 5.74) is 0. The molecule has 1 aliphatic carbocycles. The molecule has 0 aliphatic heterocycles. The van der Waals surface area contributed by atoms with E-state index in [9.17, 15) is 0 Å². The zero-order valence-corrected chi connectivity index (χ0v) is 12.6. The molecule has 102 valence electrons. The number of aromatic nitrogens is 1. The van der Waals surface area contributed by atoms with Crippen LogP contribution in [0.1, 0.15) is 67.8 Å². The van der Waals surface area contributed by atoms with E-state index in [1.165, 1.54) is 54.8 Å². The topological polar surface area (TPSA) is 24.9 Å². The zero-order valence-electron chi connectivity index (χ0n) is 11.7. The van der Waals surface area contributed by atoms with E-state index in [0.29, 0.717) is 6.04 Å². The minimum atomic E-state index is 0.539. The minimum Gasteiger partial charge on any atom is -0.309 e. The van der Waals surface area contributed by atoms with E-state index in [-0.39, 0.29) is 0 Å². The Labute approximate surface area is 115 Å². The van der Waals surface area contributed by atoms with Crippen LogP contribution in [0.25, 0.3) is 0 Å². The van der Waals surface area contributed by atoms with E-state index in [0.717, 1.165) is 12.5 Å². The van der Waals surface area contributed by atoms with Gasteiger partial charge in [0.05, 0.1) is 5.01 Å². The molecule has 1 aromatic rings. The number of nitrogens with one attached hydrogen (secondary N) is 1. The van der Waals surface area contributed by atoms with Gasteiger partial charge in [-0.2, -0.15) is 0 Å². The number of hydrogen-bond acceptors (Lipinski definition) is 3. The van der Waals surface area contributed by atoms with Gasteiger partial charge in [-0.05, 0) is 38.6 Å². The maximum Gasteiger partial charge on any atom is 0.0897 e. The molecule has 0 aromatic carbocycles. The number of aryl methyl sites for hydroxylation is 1. The highest BCUT2D eigenvalue weighted by molar-refractivity contribution is 7.11. The van der Waals surface area contributed by atoms with E-state index in [2.05, 4.69) is 30.3 Å². The molecule has 1 N–H and O–H groups in total.